The summed E-state index contributed by atoms with van der Waals surface area (Å²) in [6.07, 6.45) is 5.31. The van der Waals surface area contributed by atoms with Crippen molar-refractivity contribution >= 4 is 23.4 Å². The van der Waals surface area contributed by atoms with Crippen LogP contribution in [0, 0.1) is 0 Å². The van der Waals surface area contributed by atoms with Gasteiger partial charge in [-0.1, -0.05) is 43.3 Å². The van der Waals surface area contributed by atoms with Gasteiger partial charge in [0.2, 0.25) is 0 Å². The maximum Gasteiger partial charge on any atom is 0.0773 e. The Balaban J connectivity index is 2.06. The molecule has 1 aromatic carbocycles. The van der Waals surface area contributed by atoms with Crippen LogP contribution in [0.4, 0.5) is 5.69 Å². The van der Waals surface area contributed by atoms with Crippen molar-refractivity contribution in [2.75, 3.05) is 5.43 Å². The van der Waals surface area contributed by atoms with E-state index in [0.29, 0.717) is 5.92 Å². The molecule has 2 rings (SSSR count). The molecule has 86 valence electrons. The van der Waals surface area contributed by atoms with E-state index in [4.69, 9.17) is 0 Å². The van der Waals surface area contributed by atoms with Crippen molar-refractivity contribution in [2.45, 2.75) is 31.6 Å². The van der Waals surface area contributed by atoms with Gasteiger partial charge >= 0.3 is 0 Å². The summed E-state index contributed by atoms with van der Waals surface area (Å²) in [5.74, 6) is 0.706. The van der Waals surface area contributed by atoms with E-state index in [2.05, 4.69) is 46.8 Å². The molecule has 4 heteroatoms. The molecule has 0 atom stereocenters. The Morgan fingerprint density at radius 1 is 1.19 bits per heavy atom. The molecule has 3 nitrogen and oxygen atoms in total. The fourth-order valence-corrected chi connectivity index (χ4v) is 2.40. The number of anilines is 1. The van der Waals surface area contributed by atoms with Crippen molar-refractivity contribution in [2.24, 2.45) is 0 Å². The second-order valence-corrected chi connectivity index (χ2v) is 4.32. The highest BCUT2D eigenvalue weighted by molar-refractivity contribution is 7.78. The number of thiocarbonyl (C=S) groups is 1. The first-order chi connectivity index (χ1) is 7.92. The van der Waals surface area contributed by atoms with Gasteiger partial charge in [0.05, 0.1) is 11.2 Å². The summed E-state index contributed by atoms with van der Waals surface area (Å²) in [7, 11) is 0. The van der Waals surface area contributed by atoms with E-state index in [0.717, 1.165) is 5.69 Å². The number of rotatable bonds is 5. The van der Waals surface area contributed by atoms with Gasteiger partial charge in [-0.15, -0.1) is 5.53 Å². The molecule has 3 N–H and O–H groups in total. The SMILES string of the molecule is S=CNNNc1ccccc1C1CCCC1. The van der Waals surface area contributed by atoms with Crippen LogP contribution in [0.3, 0.4) is 0 Å². The number of hydrogen-bond acceptors (Lipinski definition) is 3. The minimum atomic E-state index is 0.706. The standard InChI is InChI=1S/C12H17N3S/c16-9-13-15-14-12-8-4-3-7-11(12)10-5-1-2-6-10/h3-4,7-10,14-15H,1-2,5-6H2,(H,13,16). The maximum atomic E-state index is 4.67. The normalized spacial score (nSPS) is 16.0. The second-order valence-electron chi connectivity index (χ2n) is 4.08. The van der Waals surface area contributed by atoms with Gasteiger partial charge in [0, 0.05) is 0 Å². The first-order valence-corrected chi connectivity index (χ1v) is 6.18. The van der Waals surface area contributed by atoms with Crippen molar-refractivity contribution in [1.29, 1.82) is 0 Å². The fraction of sp³-hybridized carbons (Fsp3) is 0.417. The van der Waals surface area contributed by atoms with E-state index in [-0.39, 0.29) is 0 Å². The van der Waals surface area contributed by atoms with Crippen LogP contribution in [0.5, 0.6) is 0 Å². The van der Waals surface area contributed by atoms with Gasteiger partial charge in [-0.05, 0) is 30.4 Å². The Bertz CT molecular complexity index is 348. The molecule has 0 bridgehead atoms. The molecule has 1 saturated carbocycles. The molecule has 1 fully saturated rings. The second kappa shape index (κ2) is 5.82. The lowest BCUT2D eigenvalue weighted by Crippen LogP contribution is -2.35. The molecular weight excluding hydrogens is 218 g/mol. The molecule has 0 spiro atoms. The molecule has 0 amide bonds. The molecule has 0 unspecified atom stereocenters. The van der Waals surface area contributed by atoms with Crippen LogP contribution in [0.2, 0.25) is 0 Å². The summed E-state index contributed by atoms with van der Waals surface area (Å²) in [6.45, 7) is 0. The molecular formula is C12H17N3S. The predicted octanol–water partition coefficient (Wildman–Crippen LogP) is 2.72. The van der Waals surface area contributed by atoms with Gasteiger partial charge in [-0.2, -0.15) is 0 Å². The van der Waals surface area contributed by atoms with Gasteiger partial charge < -0.3 is 10.9 Å². The lowest BCUT2D eigenvalue weighted by molar-refractivity contribution is 0.713. The van der Waals surface area contributed by atoms with Crippen LogP contribution >= 0.6 is 12.2 Å². The third-order valence-electron chi connectivity index (χ3n) is 3.08. The van der Waals surface area contributed by atoms with Gasteiger partial charge in [0.25, 0.3) is 0 Å². The number of benzene rings is 1. The van der Waals surface area contributed by atoms with Crippen LogP contribution < -0.4 is 16.4 Å². The fourth-order valence-electron chi connectivity index (χ4n) is 2.34. The third-order valence-corrected chi connectivity index (χ3v) is 3.20. The monoisotopic (exact) mass is 235 g/mol. The number of hydrazine groups is 2. The molecule has 16 heavy (non-hydrogen) atoms. The summed E-state index contributed by atoms with van der Waals surface area (Å²) in [6, 6.07) is 8.44. The first-order valence-electron chi connectivity index (χ1n) is 5.71. The highest BCUT2D eigenvalue weighted by Gasteiger charge is 2.19. The largest absolute Gasteiger partial charge is 0.304 e. The van der Waals surface area contributed by atoms with Crippen LogP contribution in [0.1, 0.15) is 37.2 Å². The maximum absolute atomic E-state index is 4.67. The number of hydrogen-bond donors (Lipinski definition) is 3. The van der Waals surface area contributed by atoms with Crippen molar-refractivity contribution in [3.8, 4) is 0 Å². The summed E-state index contributed by atoms with van der Waals surface area (Å²) in [5.41, 5.74) is 12.7. The van der Waals surface area contributed by atoms with Crippen LogP contribution in [0.25, 0.3) is 0 Å². The Labute approximate surface area is 102 Å². The van der Waals surface area contributed by atoms with E-state index >= 15 is 0 Å². The zero-order valence-electron chi connectivity index (χ0n) is 9.20. The highest BCUT2D eigenvalue weighted by atomic mass is 32.1. The minimum absolute atomic E-state index is 0.706. The van der Waals surface area contributed by atoms with Crippen molar-refractivity contribution in [1.82, 2.24) is 11.0 Å². The summed E-state index contributed by atoms with van der Waals surface area (Å²) < 4.78 is 0. The van der Waals surface area contributed by atoms with Crippen molar-refractivity contribution in [3.05, 3.63) is 29.8 Å². The minimum Gasteiger partial charge on any atom is -0.304 e. The van der Waals surface area contributed by atoms with Gasteiger partial charge in [0.1, 0.15) is 0 Å². The topological polar surface area (TPSA) is 36.1 Å². The summed E-state index contributed by atoms with van der Waals surface area (Å²) in [5, 5.41) is 0. The zero-order chi connectivity index (χ0) is 11.2. The van der Waals surface area contributed by atoms with E-state index in [9.17, 15) is 0 Å². The Morgan fingerprint density at radius 3 is 2.69 bits per heavy atom. The van der Waals surface area contributed by atoms with Crippen LogP contribution in [0.15, 0.2) is 24.3 Å². The molecule has 1 aliphatic carbocycles. The van der Waals surface area contributed by atoms with E-state index in [1.165, 1.54) is 36.7 Å². The zero-order valence-corrected chi connectivity index (χ0v) is 10.0. The quantitative estimate of drug-likeness (QED) is 0.417. The van der Waals surface area contributed by atoms with Crippen molar-refractivity contribution in [3.63, 3.8) is 0 Å². The van der Waals surface area contributed by atoms with Gasteiger partial charge in [-0.3, -0.25) is 0 Å². The Morgan fingerprint density at radius 2 is 1.94 bits per heavy atom. The summed E-state index contributed by atoms with van der Waals surface area (Å²) >= 11 is 4.67. The molecule has 1 aromatic rings. The predicted molar refractivity (Wildman–Crippen MR) is 71.2 cm³/mol. The Kier molecular flexibility index (Phi) is 4.13. The highest BCUT2D eigenvalue weighted by Crippen LogP contribution is 2.37. The van der Waals surface area contributed by atoms with E-state index in [1.807, 2.05) is 6.07 Å². The number of para-hydroxylation sites is 1. The van der Waals surface area contributed by atoms with E-state index < -0.39 is 0 Å². The lowest BCUT2D eigenvalue weighted by atomic mass is 9.96. The molecule has 0 heterocycles. The smallest absolute Gasteiger partial charge is 0.0773 e. The van der Waals surface area contributed by atoms with E-state index in [1.54, 1.807) is 0 Å². The first kappa shape index (κ1) is 11.4. The van der Waals surface area contributed by atoms with Crippen LogP contribution in [-0.2, 0) is 0 Å². The third kappa shape index (κ3) is 2.71. The molecule has 1 aliphatic rings. The molecule has 0 aliphatic heterocycles. The Hall–Kier alpha value is -1.13. The average molecular weight is 235 g/mol. The van der Waals surface area contributed by atoms with Crippen LogP contribution in [-0.4, -0.2) is 5.49 Å². The molecule has 0 radical (unpaired) electrons. The van der Waals surface area contributed by atoms with Gasteiger partial charge in [0.15, 0.2) is 0 Å². The van der Waals surface area contributed by atoms with Gasteiger partial charge in [-0.25, -0.2) is 0 Å². The molecule has 0 aromatic heterocycles. The lowest BCUT2D eigenvalue weighted by Gasteiger charge is -2.16. The molecule has 0 saturated heterocycles. The van der Waals surface area contributed by atoms with Crippen molar-refractivity contribution < 1.29 is 0 Å². The summed E-state index contributed by atoms with van der Waals surface area (Å²) in [4.78, 5) is 0. The average Bonchev–Trinajstić information content (AvgIpc) is 2.83. The number of nitrogens with one attached hydrogen (secondary N) is 3.